The molecule has 2 N–H and O–H groups in total. The summed E-state index contributed by atoms with van der Waals surface area (Å²) in [7, 11) is 1.46. The lowest BCUT2D eigenvalue weighted by Crippen LogP contribution is -2.06. The summed E-state index contributed by atoms with van der Waals surface area (Å²) in [6, 6.07) is 3.83. The van der Waals surface area contributed by atoms with Gasteiger partial charge < -0.3 is 9.84 Å². The maximum atomic E-state index is 12.5. The van der Waals surface area contributed by atoms with Crippen LogP contribution in [0.15, 0.2) is 34.0 Å². The van der Waals surface area contributed by atoms with E-state index in [1.54, 1.807) is 6.07 Å². The largest absolute Gasteiger partial charge is 0.506 e. The van der Waals surface area contributed by atoms with Crippen molar-refractivity contribution in [3.8, 4) is 11.5 Å². The van der Waals surface area contributed by atoms with Crippen molar-refractivity contribution in [3.63, 3.8) is 0 Å². The third-order valence-corrected chi connectivity index (χ3v) is 3.74. The van der Waals surface area contributed by atoms with E-state index in [0.717, 1.165) is 6.07 Å². The first-order valence-corrected chi connectivity index (χ1v) is 7.47. The third kappa shape index (κ3) is 4.30. The molecule has 0 amide bonds. The Balaban J connectivity index is 2.19. The van der Waals surface area contributed by atoms with Crippen molar-refractivity contribution in [2.45, 2.75) is 6.18 Å². The van der Waals surface area contributed by atoms with E-state index in [4.69, 9.17) is 16.3 Å². The van der Waals surface area contributed by atoms with E-state index in [-0.39, 0.29) is 16.6 Å². The highest BCUT2D eigenvalue weighted by Gasteiger charge is 2.31. The topological polar surface area (TPSA) is 66.7 Å². The smallest absolute Gasteiger partial charge is 0.417 e. The number of nitrogens with one attached hydrogen (secondary N) is 1. The Bertz CT molecular complexity index is 785. The fourth-order valence-corrected chi connectivity index (χ4v) is 2.31. The maximum absolute atomic E-state index is 12.5. The highest BCUT2D eigenvalue weighted by molar-refractivity contribution is 9.10. The Morgan fingerprint density at radius 2 is 2.08 bits per heavy atom. The minimum atomic E-state index is -4.53. The van der Waals surface area contributed by atoms with Gasteiger partial charge in [-0.25, -0.2) is 4.98 Å². The van der Waals surface area contributed by atoms with Crippen LogP contribution in [0.1, 0.15) is 11.1 Å². The Hall–Kier alpha value is -2.00. The predicted octanol–water partition coefficient (Wildman–Crippen LogP) is 4.68. The number of phenols is 1. The van der Waals surface area contributed by atoms with Crippen LogP contribution in [-0.4, -0.2) is 23.4 Å². The van der Waals surface area contributed by atoms with E-state index in [1.165, 1.54) is 19.4 Å². The summed E-state index contributed by atoms with van der Waals surface area (Å²) >= 11 is 8.91. The Labute approximate surface area is 148 Å². The number of anilines is 1. The number of pyridine rings is 1. The van der Waals surface area contributed by atoms with E-state index in [0.29, 0.717) is 22.0 Å². The average molecular weight is 425 g/mol. The van der Waals surface area contributed by atoms with Gasteiger partial charge in [0.25, 0.3) is 0 Å². The number of phenolic OH excluding ortho intramolecular Hbond substituents is 1. The molecule has 0 saturated carbocycles. The maximum Gasteiger partial charge on any atom is 0.417 e. The van der Waals surface area contributed by atoms with Crippen LogP contribution in [0.25, 0.3) is 0 Å². The quantitative estimate of drug-likeness (QED) is 0.553. The normalized spacial score (nSPS) is 11.8. The highest BCUT2D eigenvalue weighted by Crippen LogP contribution is 2.33. The average Bonchev–Trinajstić information content (AvgIpc) is 2.51. The molecule has 0 fully saturated rings. The number of aromatic nitrogens is 1. The van der Waals surface area contributed by atoms with Crippen molar-refractivity contribution in [3.05, 3.63) is 45.0 Å². The Morgan fingerprint density at radius 1 is 1.38 bits per heavy atom. The van der Waals surface area contributed by atoms with Crippen molar-refractivity contribution in [1.82, 2.24) is 4.98 Å². The summed E-state index contributed by atoms with van der Waals surface area (Å²) in [5.41, 5.74) is 1.77. The van der Waals surface area contributed by atoms with Crippen molar-refractivity contribution >= 4 is 39.6 Å². The van der Waals surface area contributed by atoms with E-state index in [2.05, 4.69) is 31.4 Å². The van der Waals surface area contributed by atoms with Gasteiger partial charge in [-0.15, -0.1) is 0 Å². The molecular formula is C14H10BrClF3N3O2. The first kappa shape index (κ1) is 18.3. The molecule has 128 valence electrons. The highest BCUT2D eigenvalue weighted by atomic mass is 79.9. The van der Waals surface area contributed by atoms with Gasteiger partial charge in [0.05, 0.1) is 28.4 Å². The van der Waals surface area contributed by atoms with Gasteiger partial charge >= 0.3 is 6.18 Å². The Morgan fingerprint density at radius 3 is 2.67 bits per heavy atom. The molecule has 0 saturated heterocycles. The van der Waals surface area contributed by atoms with Gasteiger partial charge in [-0.05, 0) is 34.1 Å². The molecule has 2 rings (SSSR count). The van der Waals surface area contributed by atoms with Crippen molar-refractivity contribution in [2.24, 2.45) is 5.10 Å². The lowest BCUT2D eigenvalue weighted by molar-refractivity contribution is -0.137. The van der Waals surface area contributed by atoms with Gasteiger partial charge in [-0.3, -0.25) is 5.43 Å². The second-order valence-electron chi connectivity index (χ2n) is 4.47. The van der Waals surface area contributed by atoms with Gasteiger partial charge in [0.1, 0.15) is 11.5 Å². The molecule has 0 radical (unpaired) electrons. The molecular weight excluding hydrogens is 415 g/mol. The molecule has 0 atom stereocenters. The van der Waals surface area contributed by atoms with Crippen LogP contribution >= 0.6 is 27.5 Å². The number of nitrogens with zero attached hydrogens (tertiary/aromatic N) is 2. The van der Waals surface area contributed by atoms with Crippen LogP contribution < -0.4 is 10.2 Å². The third-order valence-electron chi connectivity index (χ3n) is 2.84. The zero-order valence-electron chi connectivity index (χ0n) is 12.0. The number of rotatable bonds is 4. The van der Waals surface area contributed by atoms with Crippen molar-refractivity contribution < 1.29 is 23.0 Å². The van der Waals surface area contributed by atoms with Crippen LogP contribution in [0, 0.1) is 0 Å². The number of alkyl halides is 3. The lowest BCUT2D eigenvalue weighted by Gasteiger charge is -2.08. The minimum absolute atomic E-state index is 0.0534. The molecule has 0 bridgehead atoms. The van der Waals surface area contributed by atoms with E-state index >= 15 is 0 Å². The molecule has 24 heavy (non-hydrogen) atoms. The fourth-order valence-electron chi connectivity index (χ4n) is 1.65. The van der Waals surface area contributed by atoms with Gasteiger partial charge in [0.2, 0.25) is 0 Å². The SMILES string of the molecule is COc1cc(Br)c(O)c(/C=N\Nc2ncc(C(F)(F)F)cc2Cl)c1. The fraction of sp³-hybridized carbons (Fsp3) is 0.143. The van der Waals surface area contributed by atoms with Crippen LogP contribution in [0.3, 0.4) is 0 Å². The number of ether oxygens (including phenoxy) is 1. The summed E-state index contributed by atoms with van der Waals surface area (Å²) < 4.78 is 43.1. The standard InChI is InChI=1S/C14H10BrClF3N3O2/c1-24-9-2-7(12(23)10(15)4-9)5-21-22-13-11(16)3-8(6-20-13)14(17,18)19/h2-6,23H,1H3,(H,20,22)/b21-5-. The number of hydrogen-bond acceptors (Lipinski definition) is 5. The molecule has 0 spiro atoms. The van der Waals surface area contributed by atoms with Gasteiger partial charge in [-0.1, -0.05) is 11.6 Å². The summed E-state index contributed by atoms with van der Waals surface area (Å²) in [4.78, 5) is 3.58. The molecule has 0 aliphatic carbocycles. The number of hydrazone groups is 1. The molecule has 1 heterocycles. The van der Waals surface area contributed by atoms with Crippen LogP contribution in [0.2, 0.25) is 5.02 Å². The van der Waals surface area contributed by atoms with Gasteiger partial charge in [0.15, 0.2) is 5.82 Å². The number of hydrogen-bond donors (Lipinski definition) is 2. The first-order valence-electron chi connectivity index (χ1n) is 6.30. The Kier molecular flexibility index (Phi) is 5.55. The zero-order valence-corrected chi connectivity index (χ0v) is 14.4. The second-order valence-corrected chi connectivity index (χ2v) is 5.73. The first-order chi connectivity index (χ1) is 11.2. The van der Waals surface area contributed by atoms with Gasteiger partial charge in [-0.2, -0.15) is 18.3 Å². The number of aromatic hydroxyl groups is 1. The summed E-state index contributed by atoms with van der Waals surface area (Å²) in [5, 5.41) is 13.5. The van der Waals surface area contributed by atoms with E-state index in [9.17, 15) is 18.3 Å². The van der Waals surface area contributed by atoms with Crippen LogP contribution in [0.5, 0.6) is 11.5 Å². The zero-order chi connectivity index (χ0) is 17.9. The second kappa shape index (κ2) is 7.27. The van der Waals surface area contributed by atoms with Crippen molar-refractivity contribution in [2.75, 3.05) is 12.5 Å². The number of halogens is 5. The van der Waals surface area contributed by atoms with Crippen LogP contribution in [-0.2, 0) is 6.18 Å². The van der Waals surface area contributed by atoms with Crippen molar-refractivity contribution in [1.29, 1.82) is 0 Å². The van der Waals surface area contributed by atoms with E-state index < -0.39 is 11.7 Å². The number of methoxy groups -OCH3 is 1. The molecule has 2 aromatic rings. The molecule has 5 nitrogen and oxygen atoms in total. The molecule has 0 unspecified atom stereocenters. The monoisotopic (exact) mass is 423 g/mol. The van der Waals surface area contributed by atoms with Crippen LogP contribution in [0.4, 0.5) is 19.0 Å². The molecule has 10 heteroatoms. The summed E-state index contributed by atoms with van der Waals surface area (Å²) in [6.45, 7) is 0. The summed E-state index contributed by atoms with van der Waals surface area (Å²) in [5.74, 6) is 0.349. The lowest BCUT2D eigenvalue weighted by atomic mass is 10.2. The van der Waals surface area contributed by atoms with E-state index in [1.807, 2.05) is 0 Å². The van der Waals surface area contributed by atoms with Gasteiger partial charge in [0, 0.05) is 11.8 Å². The number of benzene rings is 1. The minimum Gasteiger partial charge on any atom is -0.506 e. The molecule has 1 aromatic heterocycles. The molecule has 0 aliphatic heterocycles. The summed E-state index contributed by atoms with van der Waals surface area (Å²) in [6.07, 6.45) is -2.64. The molecule has 0 aliphatic rings. The predicted molar refractivity (Wildman–Crippen MR) is 87.8 cm³/mol. The molecule has 1 aromatic carbocycles.